The Morgan fingerprint density at radius 2 is 0.867 bits per heavy atom. The van der Waals surface area contributed by atoms with Crippen molar-refractivity contribution in [1.82, 2.24) is 0 Å². The van der Waals surface area contributed by atoms with E-state index in [4.69, 9.17) is 0 Å². The highest BCUT2D eigenvalue weighted by Crippen LogP contribution is 2.39. The number of aliphatic hydroxyl groups excluding tert-OH is 1. The van der Waals surface area contributed by atoms with Gasteiger partial charge < -0.3 is 5.11 Å². The van der Waals surface area contributed by atoms with E-state index < -0.39 is 0 Å². The molecule has 0 bridgehead atoms. The van der Waals surface area contributed by atoms with Crippen molar-refractivity contribution in [2.75, 3.05) is 0 Å². The minimum Gasteiger partial charge on any atom is -0.507 e. The molecule has 0 saturated heterocycles. The Morgan fingerprint density at radius 3 is 1.20 bits per heavy atom. The van der Waals surface area contributed by atoms with Gasteiger partial charge in [-0.2, -0.15) is 0 Å². The van der Waals surface area contributed by atoms with Crippen LogP contribution in [-0.2, 0) is 26.5 Å². The zero-order chi connectivity index (χ0) is 33.5. The first-order valence-electron chi connectivity index (χ1n) is 17.1. The smallest absolute Gasteiger partial charge is 0.162 e. The topological polar surface area (TPSA) is 37.3 Å². The standard InChI is InChI=1S/C43H58O2/c1-40(2,3)34-21-31(22-35(25-34)41(4,5)6)29-18-30(32-23-36(42(7,8)9)26-37(24-32)43(10,11)12)20-33(19-29)39(45)27-38(44)28-16-14-13-15-17-28/h18-28,45H,13-17H2,1-12H3/b39-27-. The van der Waals surface area contributed by atoms with Gasteiger partial charge in [0, 0.05) is 17.6 Å². The fraction of sp³-hybridized carbons (Fsp3) is 0.512. The van der Waals surface area contributed by atoms with Gasteiger partial charge in [0.25, 0.3) is 0 Å². The van der Waals surface area contributed by atoms with Crippen molar-refractivity contribution < 1.29 is 9.90 Å². The van der Waals surface area contributed by atoms with Gasteiger partial charge in [-0.3, -0.25) is 4.79 Å². The zero-order valence-corrected chi connectivity index (χ0v) is 30.2. The maximum absolute atomic E-state index is 13.3. The van der Waals surface area contributed by atoms with Gasteiger partial charge in [-0.25, -0.2) is 0 Å². The predicted molar refractivity (Wildman–Crippen MR) is 194 cm³/mol. The van der Waals surface area contributed by atoms with Gasteiger partial charge in [0.05, 0.1) is 0 Å². The van der Waals surface area contributed by atoms with Crippen LogP contribution < -0.4 is 0 Å². The average Bonchev–Trinajstić information content (AvgIpc) is 2.95. The molecule has 45 heavy (non-hydrogen) atoms. The van der Waals surface area contributed by atoms with E-state index in [2.05, 4.69) is 138 Å². The Labute approximate surface area is 274 Å². The summed E-state index contributed by atoms with van der Waals surface area (Å²) in [5.41, 5.74) is 10.1. The summed E-state index contributed by atoms with van der Waals surface area (Å²) in [6, 6.07) is 20.3. The molecule has 1 saturated carbocycles. The molecule has 0 unspecified atom stereocenters. The van der Waals surface area contributed by atoms with Crippen LogP contribution in [0, 0.1) is 5.92 Å². The third-order valence-electron chi connectivity index (χ3n) is 9.51. The molecule has 2 heteroatoms. The highest BCUT2D eigenvalue weighted by atomic mass is 16.3. The SMILES string of the molecule is CC(C)(C)c1cc(-c2cc(/C(O)=C/C(=O)C3CCCCC3)cc(-c3cc(C(C)(C)C)cc(C(C)(C)C)c3)c2)cc(C(C)(C)C)c1. The summed E-state index contributed by atoms with van der Waals surface area (Å²) in [5.74, 6) is 0.118. The summed E-state index contributed by atoms with van der Waals surface area (Å²) < 4.78 is 0. The zero-order valence-electron chi connectivity index (χ0n) is 30.2. The fourth-order valence-electron chi connectivity index (χ4n) is 6.15. The lowest BCUT2D eigenvalue weighted by Gasteiger charge is -2.27. The molecule has 1 aliphatic carbocycles. The summed E-state index contributed by atoms with van der Waals surface area (Å²) in [6.45, 7) is 27.1. The van der Waals surface area contributed by atoms with Crippen molar-refractivity contribution in [2.24, 2.45) is 5.92 Å². The molecule has 0 aromatic heterocycles. The second-order valence-corrected chi connectivity index (χ2v) is 17.7. The number of carbonyl (C=O) groups excluding carboxylic acids is 1. The number of hydrogen-bond donors (Lipinski definition) is 1. The molecule has 0 spiro atoms. The molecule has 1 aliphatic rings. The third kappa shape index (κ3) is 8.57. The quantitative estimate of drug-likeness (QED) is 0.232. The van der Waals surface area contributed by atoms with Gasteiger partial charge >= 0.3 is 0 Å². The van der Waals surface area contributed by atoms with Crippen LogP contribution in [0.25, 0.3) is 28.0 Å². The number of benzene rings is 3. The van der Waals surface area contributed by atoms with Crippen LogP contribution in [0.3, 0.4) is 0 Å². The Hall–Kier alpha value is -3.13. The van der Waals surface area contributed by atoms with E-state index in [0.717, 1.165) is 47.9 Å². The lowest BCUT2D eigenvalue weighted by Crippen LogP contribution is -2.16. The van der Waals surface area contributed by atoms with E-state index >= 15 is 0 Å². The molecule has 4 rings (SSSR count). The van der Waals surface area contributed by atoms with Crippen molar-refractivity contribution in [3.63, 3.8) is 0 Å². The average molecular weight is 607 g/mol. The molecule has 0 aliphatic heterocycles. The van der Waals surface area contributed by atoms with Crippen LogP contribution in [0.2, 0.25) is 0 Å². The first-order valence-corrected chi connectivity index (χ1v) is 17.1. The van der Waals surface area contributed by atoms with Crippen LogP contribution in [-0.4, -0.2) is 10.9 Å². The number of rotatable bonds is 5. The van der Waals surface area contributed by atoms with E-state index in [1.54, 1.807) is 0 Å². The highest BCUT2D eigenvalue weighted by Gasteiger charge is 2.25. The number of carbonyl (C=O) groups is 1. The summed E-state index contributed by atoms with van der Waals surface area (Å²) in [5, 5.41) is 11.5. The Morgan fingerprint density at radius 1 is 0.533 bits per heavy atom. The van der Waals surface area contributed by atoms with E-state index in [9.17, 15) is 9.90 Å². The minimum atomic E-state index is -0.0203. The molecule has 0 heterocycles. The molecule has 0 radical (unpaired) electrons. The monoisotopic (exact) mass is 606 g/mol. The minimum absolute atomic E-state index is 0.0131. The van der Waals surface area contributed by atoms with Crippen LogP contribution in [0.15, 0.2) is 60.7 Å². The second kappa shape index (κ2) is 12.6. The third-order valence-corrected chi connectivity index (χ3v) is 9.51. The van der Waals surface area contributed by atoms with E-state index in [1.165, 1.54) is 34.8 Å². The van der Waals surface area contributed by atoms with Gasteiger partial charge in [0.2, 0.25) is 0 Å². The summed E-state index contributed by atoms with van der Waals surface area (Å²) in [6.07, 6.45) is 6.70. The maximum Gasteiger partial charge on any atom is 0.162 e. The van der Waals surface area contributed by atoms with Gasteiger partial charge in [0.15, 0.2) is 5.78 Å². The van der Waals surface area contributed by atoms with Crippen molar-refractivity contribution >= 4 is 11.5 Å². The van der Waals surface area contributed by atoms with Crippen LogP contribution in [0.1, 0.15) is 143 Å². The first kappa shape index (κ1) is 34.7. The normalized spacial score (nSPS) is 15.8. The molecule has 0 amide bonds. The first-order chi connectivity index (χ1) is 20.6. The van der Waals surface area contributed by atoms with Gasteiger partial charge in [-0.15, -0.1) is 0 Å². The molecule has 3 aromatic carbocycles. The Kier molecular flexibility index (Phi) is 9.71. The van der Waals surface area contributed by atoms with Crippen molar-refractivity contribution in [3.8, 4) is 22.3 Å². The number of allylic oxidation sites excluding steroid dienone is 1. The molecule has 0 atom stereocenters. The fourth-order valence-corrected chi connectivity index (χ4v) is 6.15. The van der Waals surface area contributed by atoms with E-state index in [1.807, 2.05) is 0 Å². The molecule has 242 valence electrons. The largest absolute Gasteiger partial charge is 0.507 e. The lowest BCUT2D eigenvalue weighted by atomic mass is 9.78. The van der Waals surface area contributed by atoms with Crippen LogP contribution >= 0.6 is 0 Å². The lowest BCUT2D eigenvalue weighted by molar-refractivity contribution is -0.119. The molecular weight excluding hydrogens is 548 g/mol. The van der Waals surface area contributed by atoms with Gasteiger partial charge in [-0.1, -0.05) is 139 Å². The van der Waals surface area contributed by atoms with Crippen LogP contribution in [0.4, 0.5) is 0 Å². The highest BCUT2D eigenvalue weighted by molar-refractivity contribution is 5.97. The van der Waals surface area contributed by atoms with E-state index in [-0.39, 0.29) is 39.1 Å². The molecule has 2 nitrogen and oxygen atoms in total. The second-order valence-electron chi connectivity index (χ2n) is 17.7. The summed E-state index contributed by atoms with van der Waals surface area (Å²) in [4.78, 5) is 13.3. The molecular formula is C43H58O2. The molecule has 1 N–H and O–H groups in total. The van der Waals surface area contributed by atoms with Crippen molar-refractivity contribution in [3.05, 3.63) is 88.5 Å². The van der Waals surface area contributed by atoms with E-state index in [0.29, 0.717) is 5.56 Å². The number of hydrogen-bond acceptors (Lipinski definition) is 2. The number of aliphatic hydroxyl groups is 1. The summed E-state index contributed by atoms with van der Waals surface area (Å²) >= 11 is 0. The summed E-state index contributed by atoms with van der Waals surface area (Å²) in [7, 11) is 0. The Balaban J connectivity index is 1.99. The van der Waals surface area contributed by atoms with Crippen molar-refractivity contribution in [1.29, 1.82) is 0 Å². The Bertz CT molecular complexity index is 1410. The molecule has 1 fully saturated rings. The van der Waals surface area contributed by atoms with Gasteiger partial charge in [0.1, 0.15) is 5.76 Å². The van der Waals surface area contributed by atoms with Gasteiger partial charge in [-0.05, 0) is 97.2 Å². The van der Waals surface area contributed by atoms with Crippen LogP contribution in [0.5, 0.6) is 0 Å². The maximum atomic E-state index is 13.3. The predicted octanol–water partition coefficient (Wildman–Crippen LogP) is 12.3. The van der Waals surface area contributed by atoms with Crippen molar-refractivity contribution in [2.45, 2.75) is 137 Å². The number of ketones is 1. The molecule has 3 aromatic rings.